The Kier molecular flexibility index (Phi) is 3.43. The van der Waals surface area contributed by atoms with Gasteiger partial charge in [-0.15, -0.1) is 0 Å². The Morgan fingerprint density at radius 1 is 1.19 bits per heavy atom. The third-order valence-corrected chi connectivity index (χ3v) is 4.42. The predicted octanol–water partition coefficient (Wildman–Crippen LogP) is 3.37. The maximum atomic E-state index is 13.0. The highest BCUT2D eigenvalue weighted by Gasteiger charge is 2.41. The Bertz CT molecular complexity index is 639. The van der Waals surface area contributed by atoms with Crippen molar-refractivity contribution in [2.45, 2.75) is 43.8 Å². The van der Waals surface area contributed by atoms with Crippen molar-refractivity contribution >= 4 is 11.0 Å². The Morgan fingerprint density at radius 2 is 1.86 bits per heavy atom. The van der Waals surface area contributed by atoms with E-state index in [9.17, 15) is 13.2 Å². The van der Waals surface area contributed by atoms with Crippen LogP contribution in [0.25, 0.3) is 11.0 Å². The van der Waals surface area contributed by atoms with Gasteiger partial charge in [0.15, 0.2) is 0 Å². The number of aromatic nitrogens is 2. The average Bonchev–Trinajstić information content (AvgIpc) is 3.03. The summed E-state index contributed by atoms with van der Waals surface area (Å²) in [6.07, 6.45) is -0.666. The second-order valence-electron chi connectivity index (χ2n) is 5.82. The van der Waals surface area contributed by atoms with Crippen LogP contribution in [0.2, 0.25) is 0 Å². The smallest absolute Gasteiger partial charge is 0.329 e. The van der Waals surface area contributed by atoms with E-state index in [0.717, 1.165) is 25.7 Å². The molecule has 6 heteroatoms. The number of nitrogens with zero attached hydrogens (tertiary/aromatic N) is 2. The quantitative estimate of drug-likeness (QED) is 0.944. The SMILES string of the molecule is NCC1(c2nc3ccccc3n2CC(F)(F)F)CCCC1. The van der Waals surface area contributed by atoms with Crippen molar-refractivity contribution in [3.63, 3.8) is 0 Å². The molecule has 114 valence electrons. The van der Waals surface area contributed by atoms with Gasteiger partial charge in [-0.2, -0.15) is 13.2 Å². The predicted molar refractivity (Wildman–Crippen MR) is 75.0 cm³/mol. The number of hydrogen-bond acceptors (Lipinski definition) is 2. The van der Waals surface area contributed by atoms with Crippen molar-refractivity contribution < 1.29 is 13.2 Å². The minimum atomic E-state index is -4.27. The minimum Gasteiger partial charge on any atom is -0.329 e. The zero-order valence-electron chi connectivity index (χ0n) is 11.7. The standard InChI is InChI=1S/C15H18F3N3/c16-15(17,18)10-21-12-6-2-1-5-11(12)20-13(21)14(9-19)7-3-4-8-14/h1-2,5-6H,3-4,7-10,19H2. The molecule has 0 saturated heterocycles. The van der Waals surface area contributed by atoms with Crippen LogP contribution >= 0.6 is 0 Å². The topological polar surface area (TPSA) is 43.8 Å². The molecule has 1 aliphatic carbocycles. The lowest BCUT2D eigenvalue weighted by molar-refractivity contribution is -0.140. The highest BCUT2D eigenvalue weighted by atomic mass is 19.4. The van der Waals surface area contributed by atoms with E-state index in [1.807, 2.05) is 0 Å². The molecule has 1 saturated carbocycles. The van der Waals surface area contributed by atoms with Crippen LogP contribution in [0.4, 0.5) is 13.2 Å². The third kappa shape index (κ3) is 2.52. The molecule has 3 nitrogen and oxygen atoms in total. The molecule has 0 unspecified atom stereocenters. The molecular weight excluding hydrogens is 279 g/mol. The second kappa shape index (κ2) is 5.02. The van der Waals surface area contributed by atoms with Gasteiger partial charge in [-0.05, 0) is 25.0 Å². The fraction of sp³-hybridized carbons (Fsp3) is 0.533. The van der Waals surface area contributed by atoms with Crippen LogP contribution in [-0.4, -0.2) is 22.3 Å². The average molecular weight is 297 g/mol. The van der Waals surface area contributed by atoms with E-state index in [2.05, 4.69) is 4.98 Å². The van der Waals surface area contributed by atoms with E-state index >= 15 is 0 Å². The zero-order valence-corrected chi connectivity index (χ0v) is 11.7. The summed E-state index contributed by atoms with van der Waals surface area (Å²) in [4.78, 5) is 4.50. The molecule has 1 aromatic heterocycles. The summed E-state index contributed by atoms with van der Waals surface area (Å²) in [6, 6.07) is 6.98. The first-order valence-electron chi connectivity index (χ1n) is 7.18. The van der Waals surface area contributed by atoms with Crippen molar-refractivity contribution in [2.24, 2.45) is 5.73 Å². The van der Waals surface area contributed by atoms with Crippen molar-refractivity contribution in [2.75, 3.05) is 6.54 Å². The first kappa shape index (κ1) is 14.4. The second-order valence-corrected chi connectivity index (χ2v) is 5.82. The Balaban J connectivity index is 2.19. The molecule has 2 N–H and O–H groups in total. The minimum absolute atomic E-state index is 0.341. The van der Waals surface area contributed by atoms with Gasteiger partial charge in [-0.1, -0.05) is 25.0 Å². The summed E-state index contributed by atoms with van der Waals surface area (Å²) < 4.78 is 40.2. The van der Waals surface area contributed by atoms with Gasteiger partial charge in [0.25, 0.3) is 0 Å². The number of fused-ring (bicyclic) bond motifs is 1. The zero-order chi connectivity index (χ0) is 15.1. The van der Waals surface area contributed by atoms with Gasteiger partial charge in [0.1, 0.15) is 12.4 Å². The summed E-state index contributed by atoms with van der Waals surface area (Å²) in [5.74, 6) is 0.501. The number of hydrogen-bond donors (Lipinski definition) is 1. The monoisotopic (exact) mass is 297 g/mol. The number of benzene rings is 1. The van der Waals surface area contributed by atoms with Crippen molar-refractivity contribution in [1.82, 2.24) is 9.55 Å². The number of rotatable bonds is 3. The first-order chi connectivity index (χ1) is 9.95. The van der Waals surface area contributed by atoms with Gasteiger partial charge in [-0.3, -0.25) is 0 Å². The summed E-state index contributed by atoms with van der Waals surface area (Å²) in [5, 5.41) is 0. The van der Waals surface area contributed by atoms with Crippen LogP contribution in [0, 0.1) is 0 Å². The molecule has 1 fully saturated rings. The van der Waals surface area contributed by atoms with Crippen LogP contribution < -0.4 is 5.73 Å². The molecule has 21 heavy (non-hydrogen) atoms. The summed E-state index contributed by atoms with van der Waals surface area (Å²) in [5.41, 5.74) is 6.65. The van der Waals surface area contributed by atoms with Gasteiger partial charge in [0.05, 0.1) is 11.0 Å². The molecule has 0 radical (unpaired) electrons. The first-order valence-corrected chi connectivity index (χ1v) is 7.18. The number of para-hydroxylation sites is 2. The van der Waals surface area contributed by atoms with Crippen molar-refractivity contribution in [3.05, 3.63) is 30.1 Å². The van der Waals surface area contributed by atoms with Gasteiger partial charge in [-0.25, -0.2) is 4.98 Å². The van der Waals surface area contributed by atoms with E-state index < -0.39 is 18.1 Å². The number of halogens is 3. The molecule has 1 aromatic carbocycles. The van der Waals surface area contributed by atoms with Crippen LogP contribution in [0.3, 0.4) is 0 Å². The molecule has 0 aliphatic heterocycles. The lowest BCUT2D eigenvalue weighted by Gasteiger charge is -2.28. The Labute approximate surface area is 121 Å². The summed E-state index contributed by atoms with van der Waals surface area (Å²) in [6.45, 7) is -0.668. The lowest BCUT2D eigenvalue weighted by atomic mass is 9.85. The molecular formula is C15H18F3N3. The molecule has 0 atom stereocenters. The maximum Gasteiger partial charge on any atom is 0.406 e. The van der Waals surface area contributed by atoms with Crippen LogP contribution in [0.1, 0.15) is 31.5 Å². The normalized spacial score (nSPS) is 18.5. The van der Waals surface area contributed by atoms with Crippen molar-refractivity contribution in [3.8, 4) is 0 Å². The number of nitrogens with two attached hydrogens (primary N) is 1. The fourth-order valence-corrected chi connectivity index (χ4v) is 3.39. The molecule has 0 amide bonds. The van der Waals surface area contributed by atoms with E-state index in [-0.39, 0.29) is 0 Å². The molecule has 2 aromatic rings. The van der Waals surface area contributed by atoms with Crippen LogP contribution in [0.5, 0.6) is 0 Å². The lowest BCUT2D eigenvalue weighted by Crippen LogP contribution is -2.36. The Morgan fingerprint density at radius 3 is 2.48 bits per heavy atom. The molecule has 3 rings (SSSR count). The largest absolute Gasteiger partial charge is 0.406 e. The van der Waals surface area contributed by atoms with Crippen LogP contribution in [-0.2, 0) is 12.0 Å². The highest BCUT2D eigenvalue weighted by molar-refractivity contribution is 5.76. The number of alkyl halides is 3. The molecule has 0 spiro atoms. The van der Waals surface area contributed by atoms with Gasteiger partial charge < -0.3 is 10.3 Å². The van der Waals surface area contributed by atoms with Crippen LogP contribution in [0.15, 0.2) is 24.3 Å². The molecule has 1 heterocycles. The Hall–Kier alpha value is -1.56. The van der Waals surface area contributed by atoms with Gasteiger partial charge in [0.2, 0.25) is 0 Å². The maximum absolute atomic E-state index is 13.0. The van der Waals surface area contributed by atoms with Gasteiger partial charge >= 0.3 is 6.18 Å². The van der Waals surface area contributed by atoms with E-state index in [1.165, 1.54) is 4.57 Å². The van der Waals surface area contributed by atoms with E-state index in [0.29, 0.717) is 23.4 Å². The van der Waals surface area contributed by atoms with Gasteiger partial charge in [0, 0.05) is 12.0 Å². The summed E-state index contributed by atoms with van der Waals surface area (Å²) in [7, 11) is 0. The van der Waals surface area contributed by atoms with E-state index in [1.54, 1.807) is 24.3 Å². The van der Waals surface area contributed by atoms with Crippen molar-refractivity contribution in [1.29, 1.82) is 0 Å². The fourth-order valence-electron chi connectivity index (χ4n) is 3.39. The third-order valence-electron chi connectivity index (χ3n) is 4.42. The molecule has 1 aliphatic rings. The number of imidazole rings is 1. The summed E-state index contributed by atoms with van der Waals surface area (Å²) >= 11 is 0. The van der Waals surface area contributed by atoms with E-state index in [4.69, 9.17) is 5.73 Å². The molecule has 0 bridgehead atoms. The highest BCUT2D eigenvalue weighted by Crippen LogP contribution is 2.41.